The number of benzene rings is 1. The standard InChI is InChI=1S/C15H24N2O3S/c1-2-12-6-7-15(9-13(12)10-16)21(18,19)17-11-14-5-3-4-8-20-14/h6-7,9,14,17H,2-5,8,10-11,16H2,1H3. The van der Waals surface area contributed by atoms with Crippen LogP contribution in [0.5, 0.6) is 0 Å². The van der Waals surface area contributed by atoms with E-state index in [-0.39, 0.29) is 11.0 Å². The number of hydrogen-bond donors (Lipinski definition) is 2. The van der Waals surface area contributed by atoms with Crippen molar-refractivity contribution in [2.45, 2.75) is 50.2 Å². The zero-order valence-electron chi connectivity index (χ0n) is 12.5. The normalized spacial score (nSPS) is 19.6. The van der Waals surface area contributed by atoms with E-state index in [4.69, 9.17) is 10.5 Å². The summed E-state index contributed by atoms with van der Waals surface area (Å²) < 4.78 is 32.9. The molecule has 1 unspecified atom stereocenters. The number of nitrogens with two attached hydrogens (primary N) is 1. The zero-order chi connectivity index (χ0) is 15.3. The van der Waals surface area contributed by atoms with E-state index in [0.29, 0.717) is 13.1 Å². The molecule has 1 aliphatic heterocycles. The third kappa shape index (κ3) is 4.26. The zero-order valence-corrected chi connectivity index (χ0v) is 13.3. The quantitative estimate of drug-likeness (QED) is 0.835. The summed E-state index contributed by atoms with van der Waals surface area (Å²) in [7, 11) is -3.50. The molecule has 0 saturated carbocycles. The van der Waals surface area contributed by atoms with Crippen molar-refractivity contribution in [1.29, 1.82) is 0 Å². The first-order chi connectivity index (χ1) is 10.1. The lowest BCUT2D eigenvalue weighted by molar-refractivity contribution is 0.0200. The maximum atomic E-state index is 12.3. The van der Waals surface area contributed by atoms with Gasteiger partial charge in [-0.3, -0.25) is 0 Å². The average Bonchev–Trinajstić information content (AvgIpc) is 2.53. The Morgan fingerprint density at radius 3 is 2.76 bits per heavy atom. The van der Waals surface area contributed by atoms with Gasteiger partial charge in [-0.2, -0.15) is 0 Å². The van der Waals surface area contributed by atoms with Crippen LogP contribution in [0.2, 0.25) is 0 Å². The fourth-order valence-electron chi connectivity index (χ4n) is 2.56. The van der Waals surface area contributed by atoms with Crippen LogP contribution in [-0.4, -0.2) is 27.7 Å². The molecule has 1 aromatic rings. The van der Waals surface area contributed by atoms with Gasteiger partial charge in [-0.05, 0) is 48.9 Å². The van der Waals surface area contributed by atoms with Crippen LogP contribution in [0.25, 0.3) is 0 Å². The number of sulfonamides is 1. The average molecular weight is 312 g/mol. The fourth-order valence-corrected chi connectivity index (χ4v) is 3.68. The summed E-state index contributed by atoms with van der Waals surface area (Å²) in [5, 5.41) is 0. The van der Waals surface area contributed by atoms with Crippen LogP contribution in [0.4, 0.5) is 0 Å². The van der Waals surface area contributed by atoms with Gasteiger partial charge in [0.25, 0.3) is 0 Å². The Balaban J connectivity index is 2.07. The molecule has 21 heavy (non-hydrogen) atoms. The predicted molar refractivity (Wildman–Crippen MR) is 82.5 cm³/mol. The van der Waals surface area contributed by atoms with Crippen LogP contribution in [0, 0.1) is 0 Å². The molecular formula is C15H24N2O3S. The SMILES string of the molecule is CCc1ccc(S(=O)(=O)NCC2CCCCO2)cc1CN. The van der Waals surface area contributed by atoms with Gasteiger partial charge >= 0.3 is 0 Å². The van der Waals surface area contributed by atoms with Crippen molar-refractivity contribution >= 4 is 10.0 Å². The van der Waals surface area contributed by atoms with Gasteiger partial charge in [-0.1, -0.05) is 13.0 Å². The molecule has 1 heterocycles. The van der Waals surface area contributed by atoms with Crippen LogP contribution in [0.1, 0.15) is 37.3 Å². The third-order valence-electron chi connectivity index (χ3n) is 3.86. The topological polar surface area (TPSA) is 81.4 Å². The monoisotopic (exact) mass is 312 g/mol. The van der Waals surface area contributed by atoms with Crippen molar-refractivity contribution in [3.8, 4) is 0 Å². The molecule has 1 aromatic carbocycles. The van der Waals surface area contributed by atoms with E-state index >= 15 is 0 Å². The molecule has 118 valence electrons. The number of hydrogen-bond acceptors (Lipinski definition) is 4. The highest BCUT2D eigenvalue weighted by Gasteiger charge is 2.19. The van der Waals surface area contributed by atoms with Gasteiger partial charge in [0.1, 0.15) is 0 Å². The van der Waals surface area contributed by atoms with E-state index in [1.165, 1.54) is 0 Å². The van der Waals surface area contributed by atoms with E-state index in [1.807, 2.05) is 13.0 Å². The number of rotatable bonds is 6. The summed E-state index contributed by atoms with van der Waals surface area (Å²) in [5.41, 5.74) is 7.67. The molecule has 3 N–H and O–H groups in total. The molecule has 1 fully saturated rings. The summed E-state index contributed by atoms with van der Waals surface area (Å²) in [6.45, 7) is 3.42. The van der Waals surface area contributed by atoms with Crippen molar-refractivity contribution < 1.29 is 13.2 Å². The second-order valence-electron chi connectivity index (χ2n) is 5.33. The highest BCUT2D eigenvalue weighted by atomic mass is 32.2. The van der Waals surface area contributed by atoms with Gasteiger partial charge < -0.3 is 10.5 Å². The lowest BCUT2D eigenvalue weighted by atomic mass is 10.1. The maximum absolute atomic E-state index is 12.3. The highest BCUT2D eigenvalue weighted by molar-refractivity contribution is 7.89. The molecule has 0 aromatic heterocycles. The van der Waals surface area contributed by atoms with Crippen molar-refractivity contribution in [1.82, 2.24) is 4.72 Å². The molecule has 0 radical (unpaired) electrons. The molecule has 1 saturated heterocycles. The number of ether oxygens (including phenoxy) is 1. The Kier molecular flexibility index (Phi) is 5.75. The lowest BCUT2D eigenvalue weighted by Crippen LogP contribution is -2.35. The second kappa shape index (κ2) is 7.35. The summed E-state index contributed by atoms with van der Waals surface area (Å²) >= 11 is 0. The Hall–Kier alpha value is -0.950. The van der Waals surface area contributed by atoms with E-state index in [0.717, 1.165) is 43.4 Å². The molecule has 0 amide bonds. The van der Waals surface area contributed by atoms with Crippen molar-refractivity contribution in [2.75, 3.05) is 13.2 Å². The summed E-state index contributed by atoms with van der Waals surface area (Å²) in [6.07, 6.45) is 3.88. The third-order valence-corrected chi connectivity index (χ3v) is 5.29. The largest absolute Gasteiger partial charge is 0.377 e. The Bertz CT molecular complexity index is 566. The molecule has 2 rings (SSSR count). The highest BCUT2D eigenvalue weighted by Crippen LogP contribution is 2.17. The minimum atomic E-state index is -3.50. The van der Waals surface area contributed by atoms with Crippen molar-refractivity contribution in [3.63, 3.8) is 0 Å². The van der Waals surface area contributed by atoms with E-state index < -0.39 is 10.0 Å². The van der Waals surface area contributed by atoms with Gasteiger partial charge in [-0.25, -0.2) is 13.1 Å². The van der Waals surface area contributed by atoms with Crippen LogP contribution in [-0.2, 0) is 27.7 Å². The fraction of sp³-hybridized carbons (Fsp3) is 0.600. The lowest BCUT2D eigenvalue weighted by Gasteiger charge is -2.22. The minimum absolute atomic E-state index is 0.0163. The van der Waals surface area contributed by atoms with Crippen LogP contribution in [0.15, 0.2) is 23.1 Å². The number of aryl methyl sites for hydroxylation is 1. The number of nitrogens with one attached hydrogen (secondary N) is 1. The Morgan fingerprint density at radius 1 is 1.33 bits per heavy atom. The summed E-state index contributed by atoms with van der Waals surface area (Å²) in [5.74, 6) is 0. The maximum Gasteiger partial charge on any atom is 0.240 e. The molecule has 0 spiro atoms. The second-order valence-corrected chi connectivity index (χ2v) is 7.10. The molecular weight excluding hydrogens is 288 g/mol. The van der Waals surface area contributed by atoms with Gasteiger partial charge in [0.2, 0.25) is 10.0 Å². The Morgan fingerprint density at radius 2 is 2.14 bits per heavy atom. The first kappa shape index (κ1) is 16.4. The van der Waals surface area contributed by atoms with Crippen LogP contribution >= 0.6 is 0 Å². The summed E-state index contributed by atoms with van der Waals surface area (Å²) in [4.78, 5) is 0.274. The molecule has 0 aliphatic carbocycles. The van der Waals surface area contributed by atoms with Crippen molar-refractivity contribution in [2.24, 2.45) is 5.73 Å². The molecule has 1 aliphatic rings. The van der Waals surface area contributed by atoms with Crippen LogP contribution < -0.4 is 10.5 Å². The van der Waals surface area contributed by atoms with Crippen LogP contribution in [0.3, 0.4) is 0 Å². The molecule has 5 nitrogen and oxygen atoms in total. The Labute approximate surface area is 126 Å². The first-order valence-electron chi connectivity index (χ1n) is 7.50. The summed E-state index contributed by atoms with van der Waals surface area (Å²) in [6, 6.07) is 5.15. The smallest absolute Gasteiger partial charge is 0.240 e. The molecule has 6 heteroatoms. The predicted octanol–water partition coefficient (Wildman–Crippen LogP) is 1.56. The van der Waals surface area contributed by atoms with E-state index in [1.54, 1.807) is 12.1 Å². The molecule has 0 bridgehead atoms. The van der Waals surface area contributed by atoms with E-state index in [2.05, 4.69) is 4.72 Å². The van der Waals surface area contributed by atoms with Gasteiger partial charge in [-0.15, -0.1) is 0 Å². The van der Waals surface area contributed by atoms with Gasteiger partial charge in [0.05, 0.1) is 11.0 Å². The van der Waals surface area contributed by atoms with E-state index in [9.17, 15) is 8.42 Å². The first-order valence-corrected chi connectivity index (χ1v) is 8.98. The van der Waals surface area contributed by atoms with Gasteiger partial charge in [0.15, 0.2) is 0 Å². The minimum Gasteiger partial charge on any atom is -0.377 e. The molecule has 1 atom stereocenters. The van der Waals surface area contributed by atoms with Crippen molar-refractivity contribution in [3.05, 3.63) is 29.3 Å². The van der Waals surface area contributed by atoms with Gasteiger partial charge in [0, 0.05) is 19.7 Å².